The minimum atomic E-state index is -4.83. The lowest BCUT2D eigenvalue weighted by Crippen LogP contribution is -2.38. The Morgan fingerprint density at radius 1 is 1.43 bits per heavy atom. The Balaban J connectivity index is 1.94. The summed E-state index contributed by atoms with van der Waals surface area (Å²) in [5, 5.41) is 11.8. The van der Waals surface area contributed by atoms with Crippen LogP contribution in [-0.4, -0.2) is 30.0 Å². The summed E-state index contributed by atoms with van der Waals surface area (Å²) in [5.41, 5.74) is 5.33. The van der Waals surface area contributed by atoms with Crippen molar-refractivity contribution < 1.29 is 27.8 Å². The van der Waals surface area contributed by atoms with Gasteiger partial charge in [-0.25, -0.2) is 0 Å². The summed E-state index contributed by atoms with van der Waals surface area (Å²) in [6.07, 6.45) is -3.86. The monoisotopic (exact) mass is 304 g/mol. The van der Waals surface area contributed by atoms with Gasteiger partial charge in [0.05, 0.1) is 11.8 Å². The molecule has 1 amide bonds. The van der Waals surface area contributed by atoms with Crippen molar-refractivity contribution >= 4 is 11.6 Å². The number of hydrogen-bond acceptors (Lipinski definition) is 4. The highest BCUT2D eigenvalue weighted by atomic mass is 19.4. The topological polar surface area (TPSA) is 84.6 Å². The lowest BCUT2D eigenvalue weighted by atomic mass is 9.82. The Kier molecular flexibility index (Phi) is 4.26. The van der Waals surface area contributed by atoms with Crippen LogP contribution in [0.15, 0.2) is 18.2 Å². The van der Waals surface area contributed by atoms with Crippen LogP contribution in [0, 0.1) is 5.92 Å². The zero-order valence-electron chi connectivity index (χ0n) is 11.0. The summed E-state index contributed by atoms with van der Waals surface area (Å²) in [6, 6.07) is 3.35. The highest BCUT2D eigenvalue weighted by Gasteiger charge is 2.32. The molecule has 5 nitrogen and oxygen atoms in total. The number of rotatable bonds is 4. The molecule has 1 aliphatic rings. The number of hydrogen-bond donors (Lipinski definition) is 3. The molecule has 1 aliphatic carbocycles. The maximum atomic E-state index is 12.1. The number of aliphatic hydroxyl groups excluding tert-OH is 1. The predicted octanol–water partition coefficient (Wildman–Crippen LogP) is 1.67. The van der Waals surface area contributed by atoms with Gasteiger partial charge in [0.1, 0.15) is 0 Å². The Hall–Kier alpha value is -1.96. The van der Waals surface area contributed by atoms with Crippen molar-refractivity contribution in [3.05, 3.63) is 23.8 Å². The Morgan fingerprint density at radius 3 is 2.62 bits per heavy atom. The van der Waals surface area contributed by atoms with Gasteiger partial charge in [-0.1, -0.05) is 0 Å². The van der Waals surface area contributed by atoms with E-state index in [2.05, 4.69) is 10.1 Å². The van der Waals surface area contributed by atoms with E-state index in [1.165, 1.54) is 6.07 Å². The highest BCUT2D eigenvalue weighted by molar-refractivity contribution is 5.95. The first-order valence-electron chi connectivity index (χ1n) is 6.36. The van der Waals surface area contributed by atoms with E-state index < -0.39 is 18.0 Å². The molecule has 1 aromatic rings. The number of carbonyl (C=O) groups is 1. The maximum Gasteiger partial charge on any atom is 0.573 e. The van der Waals surface area contributed by atoms with Crippen LogP contribution in [0.3, 0.4) is 0 Å². The SMILES string of the molecule is Nc1cc(C(=O)NCC2CC(O)C2)ccc1OC(F)(F)F. The molecular formula is C13H15F3N2O3. The summed E-state index contributed by atoms with van der Waals surface area (Å²) in [5.74, 6) is -0.739. The number of alkyl halides is 3. The number of aliphatic hydroxyl groups is 1. The van der Waals surface area contributed by atoms with E-state index in [9.17, 15) is 18.0 Å². The average molecular weight is 304 g/mol. The molecule has 0 aromatic heterocycles. The van der Waals surface area contributed by atoms with E-state index in [1.54, 1.807) is 0 Å². The first-order chi connectivity index (χ1) is 9.74. The van der Waals surface area contributed by atoms with Crippen molar-refractivity contribution in [3.8, 4) is 5.75 Å². The van der Waals surface area contributed by atoms with Crippen LogP contribution in [0.4, 0.5) is 18.9 Å². The van der Waals surface area contributed by atoms with E-state index in [4.69, 9.17) is 10.8 Å². The molecule has 0 unspecified atom stereocenters. The van der Waals surface area contributed by atoms with Gasteiger partial charge >= 0.3 is 6.36 Å². The molecule has 0 spiro atoms. The van der Waals surface area contributed by atoms with Gasteiger partial charge in [0.25, 0.3) is 5.91 Å². The molecule has 116 valence electrons. The van der Waals surface area contributed by atoms with Crippen LogP contribution in [0.25, 0.3) is 0 Å². The van der Waals surface area contributed by atoms with Gasteiger partial charge in [0.2, 0.25) is 0 Å². The van der Waals surface area contributed by atoms with Crippen LogP contribution in [-0.2, 0) is 0 Å². The molecule has 0 radical (unpaired) electrons. The molecule has 1 saturated carbocycles. The van der Waals surface area contributed by atoms with Crippen LogP contribution in [0.5, 0.6) is 5.75 Å². The second-order valence-corrected chi connectivity index (χ2v) is 5.00. The molecular weight excluding hydrogens is 289 g/mol. The number of amides is 1. The second kappa shape index (κ2) is 5.80. The molecule has 4 N–H and O–H groups in total. The van der Waals surface area contributed by atoms with Gasteiger partial charge in [0, 0.05) is 12.1 Å². The molecule has 0 bridgehead atoms. The fraction of sp³-hybridized carbons (Fsp3) is 0.462. The van der Waals surface area contributed by atoms with Crippen LogP contribution in [0.1, 0.15) is 23.2 Å². The molecule has 1 fully saturated rings. The number of ether oxygens (including phenoxy) is 1. The minimum absolute atomic E-state index is 0.155. The van der Waals surface area contributed by atoms with Gasteiger partial charge in [0.15, 0.2) is 5.75 Å². The minimum Gasteiger partial charge on any atom is -0.404 e. The van der Waals surface area contributed by atoms with Gasteiger partial charge in [-0.05, 0) is 37.0 Å². The van der Waals surface area contributed by atoms with E-state index in [-0.39, 0.29) is 23.3 Å². The van der Waals surface area contributed by atoms with E-state index in [0.29, 0.717) is 19.4 Å². The molecule has 0 saturated heterocycles. The van der Waals surface area contributed by atoms with Crippen LogP contribution in [0.2, 0.25) is 0 Å². The van der Waals surface area contributed by atoms with E-state index >= 15 is 0 Å². The molecule has 0 aliphatic heterocycles. The summed E-state index contributed by atoms with van der Waals surface area (Å²) in [7, 11) is 0. The Morgan fingerprint density at radius 2 is 2.10 bits per heavy atom. The van der Waals surface area contributed by atoms with Crippen molar-refractivity contribution in [1.29, 1.82) is 0 Å². The fourth-order valence-corrected chi connectivity index (χ4v) is 2.11. The first-order valence-corrected chi connectivity index (χ1v) is 6.36. The van der Waals surface area contributed by atoms with Gasteiger partial charge < -0.3 is 20.9 Å². The quantitative estimate of drug-likeness (QED) is 0.739. The van der Waals surface area contributed by atoms with E-state index in [0.717, 1.165) is 12.1 Å². The lowest BCUT2D eigenvalue weighted by Gasteiger charge is -2.31. The molecule has 0 atom stereocenters. The normalized spacial score (nSPS) is 21.5. The zero-order chi connectivity index (χ0) is 15.6. The van der Waals surface area contributed by atoms with E-state index in [1.807, 2.05) is 0 Å². The number of nitrogens with two attached hydrogens (primary N) is 1. The van der Waals surface area contributed by atoms with Gasteiger partial charge in [-0.15, -0.1) is 13.2 Å². The maximum absolute atomic E-state index is 12.1. The molecule has 1 aromatic carbocycles. The summed E-state index contributed by atoms with van der Waals surface area (Å²) in [4.78, 5) is 11.8. The number of nitrogens with one attached hydrogen (secondary N) is 1. The number of carbonyl (C=O) groups excluding carboxylic acids is 1. The van der Waals surface area contributed by atoms with Crippen molar-refractivity contribution in [2.75, 3.05) is 12.3 Å². The first kappa shape index (κ1) is 15.4. The molecule has 8 heteroatoms. The zero-order valence-corrected chi connectivity index (χ0v) is 11.0. The third-order valence-electron chi connectivity index (χ3n) is 3.26. The van der Waals surface area contributed by atoms with Crippen LogP contribution < -0.4 is 15.8 Å². The van der Waals surface area contributed by atoms with Crippen molar-refractivity contribution in [2.45, 2.75) is 25.3 Å². The number of halogens is 3. The Labute approximate surface area is 118 Å². The van der Waals surface area contributed by atoms with Crippen molar-refractivity contribution in [1.82, 2.24) is 5.32 Å². The third kappa shape index (κ3) is 4.25. The second-order valence-electron chi connectivity index (χ2n) is 5.00. The van der Waals surface area contributed by atoms with Crippen molar-refractivity contribution in [3.63, 3.8) is 0 Å². The summed E-state index contributed by atoms with van der Waals surface area (Å²) < 4.78 is 40.0. The van der Waals surface area contributed by atoms with Gasteiger partial charge in [-0.3, -0.25) is 4.79 Å². The Bertz CT molecular complexity index is 528. The number of anilines is 1. The lowest BCUT2D eigenvalue weighted by molar-refractivity contribution is -0.274. The standard InChI is InChI=1S/C13H15F3N2O3/c14-13(15,16)21-11-2-1-8(5-10(11)17)12(20)18-6-7-3-9(19)4-7/h1-2,5,7,9,19H,3-4,6,17H2,(H,18,20). The number of benzene rings is 1. The molecule has 21 heavy (non-hydrogen) atoms. The average Bonchev–Trinajstić information content (AvgIpc) is 2.33. The van der Waals surface area contributed by atoms with Crippen LogP contribution >= 0.6 is 0 Å². The predicted molar refractivity (Wildman–Crippen MR) is 68.6 cm³/mol. The third-order valence-corrected chi connectivity index (χ3v) is 3.26. The molecule has 2 rings (SSSR count). The largest absolute Gasteiger partial charge is 0.573 e. The van der Waals surface area contributed by atoms with Crippen molar-refractivity contribution in [2.24, 2.45) is 5.92 Å². The summed E-state index contributed by atoms with van der Waals surface area (Å²) in [6.45, 7) is 0.413. The molecule has 0 heterocycles. The number of nitrogen functional groups attached to an aromatic ring is 1. The highest BCUT2D eigenvalue weighted by Crippen LogP contribution is 2.29. The summed E-state index contributed by atoms with van der Waals surface area (Å²) >= 11 is 0. The van der Waals surface area contributed by atoms with Gasteiger partial charge in [-0.2, -0.15) is 0 Å². The fourth-order valence-electron chi connectivity index (χ4n) is 2.11. The smallest absolute Gasteiger partial charge is 0.404 e.